The van der Waals surface area contributed by atoms with Gasteiger partial charge in [0.15, 0.2) is 0 Å². The zero-order valence-corrected chi connectivity index (χ0v) is 12.7. The zero-order valence-electron chi connectivity index (χ0n) is 12.7. The Kier molecular flexibility index (Phi) is 5.03. The lowest BCUT2D eigenvalue weighted by Crippen LogP contribution is -2.23. The van der Waals surface area contributed by atoms with E-state index in [-0.39, 0.29) is 17.7 Å². The number of rotatable bonds is 6. The monoisotopic (exact) mass is 344 g/mol. The first-order valence-electron chi connectivity index (χ1n) is 6.89. The minimum atomic E-state index is -0.925. The molecule has 128 valence electrons. The van der Waals surface area contributed by atoms with Gasteiger partial charge in [-0.1, -0.05) is 12.1 Å². The summed E-state index contributed by atoms with van der Waals surface area (Å²) in [5, 5.41) is 24.2. The van der Waals surface area contributed by atoms with Crippen LogP contribution in [-0.4, -0.2) is 21.7 Å². The maximum Gasteiger partial charge on any atom is 0.346 e. The molecule has 3 N–H and O–H groups in total. The second kappa shape index (κ2) is 7.17. The van der Waals surface area contributed by atoms with E-state index in [1.54, 1.807) is 12.1 Å². The van der Waals surface area contributed by atoms with Gasteiger partial charge in [0.05, 0.1) is 9.85 Å². The molecule has 0 saturated heterocycles. The Morgan fingerprint density at radius 1 is 0.960 bits per heavy atom. The topological polar surface area (TPSA) is 158 Å². The maximum absolute atomic E-state index is 12.1. The summed E-state index contributed by atoms with van der Waals surface area (Å²) in [4.78, 5) is 43.1. The number of benzene rings is 2. The average molecular weight is 344 g/mol. The third-order valence-electron chi connectivity index (χ3n) is 3.30. The van der Waals surface area contributed by atoms with Crippen LogP contribution in [0, 0.1) is 20.2 Å². The highest BCUT2D eigenvalue weighted by Crippen LogP contribution is 2.27. The van der Waals surface area contributed by atoms with Crippen molar-refractivity contribution in [1.82, 2.24) is 5.32 Å². The van der Waals surface area contributed by atoms with Gasteiger partial charge in [0.2, 0.25) is 5.91 Å². The largest absolute Gasteiger partial charge is 0.366 e. The van der Waals surface area contributed by atoms with Crippen LogP contribution in [0.2, 0.25) is 0 Å². The van der Waals surface area contributed by atoms with E-state index in [4.69, 9.17) is 5.73 Å². The van der Waals surface area contributed by atoms with Crippen molar-refractivity contribution < 1.29 is 19.4 Å². The lowest BCUT2D eigenvalue weighted by atomic mass is 10.1. The number of nitro groups is 2. The van der Waals surface area contributed by atoms with Crippen molar-refractivity contribution in [3.8, 4) is 0 Å². The molecule has 2 aromatic rings. The second-order valence-corrected chi connectivity index (χ2v) is 4.97. The summed E-state index contributed by atoms with van der Waals surface area (Å²) in [6.07, 6.45) is 0. The Hall–Kier alpha value is -3.82. The van der Waals surface area contributed by atoms with Gasteiger partial charge in [0.25, 0.3) is 5.91 Å². The van der Waals surface area contributed by atoms with Crippen LogP contribution in [0.15, 0.2) is 42.5 Å². The van der Waals surface area contributed by atoms with Gasteiger partial charge in [-0.05, 0) is 23.8 Å². The number of hydrogen-bond donors (Lipinski definition) is 2. The molecule has 0 heterocycles. The third-order valence-corrected chi connectivity index (χ3v) is 3.30. The van der Waals surface area contributed by atoms with E-state index in [1.807, 2.05) is 0 Å². The molecule has 0 aromatic heterocycles. The fourth-order valence-corrected chi connectivity index (χ4v) is 2.08. The fourth-order valence-electron chi connectivity index (χ4n) is 2.08. The van der Waals surface area contributed by atoms with Crippen LogP contribution in [0.5, 0.6) is 0 Å². The molecule has 0 saturated carbocycles. The van der Waals surface area contributed by atoms with Gasteiger partial charge in [0.1, 0.15) is 0 Å². The summed E-state index contributed by atoms with van der Waals surface area (Å²) in [5.41, 5.74) is 4.48. The molecule has 0 aliphatic heterocycles. The molecule has 0 unspecified atom stereocenters. The van der Waals surface area contributed by atoms with Gasteiger partial charge in [0, 0.05) is 29.8 Å². The van der Waals surface area contributed by atoms with Crippen molar-refractivity contribution in [3.05, 3.63) is 79.4 Å². The molecule has 0 radical (unpaired) electrons. The Balaban J connectivity index is 2.17. The van der Waals surface area contributed by atoms with Gasteiger partial charge >= 0.3 is 11.4 Å². The van der Waals surface area contributed by atoms with E-state index < -0.39 is 33.0 Å². The second-order valence-electron chi connectivity index (χ2n) is 4.97. The summed E-state index contributed by atoms with van der Waals surface area (Å²) < 4.78 is 0. The molecule has 0 fully saturated rings. The predicted octanol–water partition coefficient (Wildman–Crippen LogP) is 1.53. The van der Waals surface area contributed by atoms with Crippen LogP contribution in [0.3, 0.4) is 0 Å². The van der Waals surface area contributed by atoms with Crippen LogP contribution in [0.4, 0.5) is 11.4 Å². The molecule has 2 amide bonds. The molecular weight excluding hydrogens is 332 g/mol. The number of primary amides is 1. The van der Waals surface area contributed by atoms with E-state index in [0.717, 1.165) is 18.2 Å². The molecule has 10 nitrogen and oxygen atoms in total. The summed E-state index contributed by atoms with van der Waals surface area (Å²) in [7, 11) is 0. The molecule has 2 rings (SSSR count). The number of nitrogens with two attached hydrogens (primary N) is 1. The SMILES string of the molecule is NC(=O)c1cccc(CNC(=O)c2ccc([N+](=O)[O-])c([N+](=O)[O-])c2)c1. The summed E-state index contributed by atoms with van der Waals surface area (Å²) in [6.45, 7) is 0.0464. The van der Waals surface area contributed by atoms with Gasteiger partial charge in [-0.3, -0.25) is 29.8 Å². The van der Waals surface area contributed by atoms with Crippen LogP contribution < -0.4 is 11.1 Å². The van der Waals surface area contributed by atoms with Crippen molar-refractivity contribution >= 4 is 23.2 Å². The highest BCUT2D eigenvalue weighted by Gasteiger charge is 2.25. The number of carbonyl (C=O) groups excluding carboxylic acids is 2. The van der Waals surface area contributed by atoms with Gasteiger partial charge in [-0.25, -0.2) is 0 Å². The van der Waals surface area contributed by atoms with E-state index in [9.17, 15) is 29.8 Å². The molecule has 10 heteroatoms. The van der Waals surface area contributed by atoms with E-state index in [0.29, 0.717) is 5.56 Å². The highest BCUT2D eigenvalue weighted by molar-refractivity contribution is 5.95. The lowest BCUT2D eigenvalue weighted by molar-refractivity contribution is -0.422. The highest BCUT2D eigenvalue weighted by atomic mass is 16.6. The number of hydrogen-bond acceptors (Lipinski definition) is 6. The van der Waals surface area contributed by atoms with Gasteiger partial charge in [-0.2, -0.15) is 0 Å². The normalized spacial score (nSPS) is 10.1. The molecule has 0 spiro atoms. The Bertz CT molecular complexity index is 880. The van der Waals surface area contributed by atoms with E-state index >= 15 is 0 Å². The molecule has 2 aromatic carbocycles. The maximum atomic E-state index is 12.1. The van der Waals surface area contributed by atoms with E-state index in [1.165, 1.54) is 12.1 Å². The Morgan fingerprint density at radius 2 is 1.64 bits per heavy atom. The molecule has 0 atom stereocenters. The molecule has 25 heavy (non-hydrogen) atoms. The first-order valence-corrected chi connectivity index (χ1v) is 6.89. The number of nitrogens with one attached hydrogen (secondary N) is 1. The number of amides is 2. The lowest BCUT2D eigenvalue weighted by Gasteiger charge is -2.06. The zero-order chi connectivity index (χ0) is 18.6. The third kappa shape index (κ3) is 4.13. The smallest absolute Gasteiger partial charge is 0.346 e. The minimum Gasteiger partial charge on any atom is -0.366 e. The van der Waals surface area contributed by atoms with Crippen LogP contribution in [0.25, 0.3) is 0 Å². The van der Waals surface area contributed by atoms with Crippen molar-refractivity contribution in [1.29, 1.82) is 0 Å². The first kappa shape index (κ1) is 17.5. The Morgan fingerprint density at radius 3 is 2.24 bits per heavy atom. The number of nitrogens with zero attached hydrogens (tertiary/aromatic N) is 2. The van der Waals surface area contributed by atoms with E-state index in [2.05, 4.69) is 5.32 Å². The molecule has 0 aliphatic carbocycles. The van der Waals surface area contributed by atoms with Gasteiger partial charge < -0.3 is 11.1 Å². The Labute approximate surface area is 140 Å². The summed E-state index contributed by atoms with van der Waals surface area (Å²) in [5.74, 6) is -1.26. The number of carbonyl (C=O) groups is 2. The molecular formula is C15H12N4O6. The van der Waals surface area contributed by atoms with Crippen molar-refractivity contribution in [2.45, 2.75) is 6.54 Å². The van der Waals surface area contributed by atoms with Crippen LogP contribution in [0.1, 0.15) is 26.3 Å². The number of nitro benzene ring substituents is 2. The van der Waals surface area contributed by atoms with Crippen LogP contribution in [-0.2, 0) is 6.54 Å². The summed E-state index contributed by atoms with van der Waals surface area (Å²) in [6, 6.07) is 9.14. The standard InChI is InChI=1S/C15H12N4O6/c16-14(20)10-3-1-2-9(6-10)8-17-15(21)11-4-5-12(18(22)23)13(7-11)19(24)25/h1-7H,8H2,(H2,16,20)(H,17,21). The van der Waals surface area contributed by atoms with Gasteiger partial charge in [-0.15, -0.1) is 0 Å². The van der Waals surface area contributed by atoms with Crippen molar-refractivity contribution in [2.24, 2.45) is 5.73 Å². The minimum absolute atomic E-state index is 0.0464. The quantitative estimate of drug-likeness (QED) is 0.597. The van der Waals surface area contributed by atoms with Crippen molar-refractivity contribution in [3.63, 3.8) is 0 Å². The molecule has 0 aliphatic rings. The molecule has 0 bridgehead atoms. The fraction of sp³-hybridized carbons (Fsp3) is 0.0667. The first-order chi connectivity index (χ1) is 11.8. The van der Waals surface area contributed by atoms with Crippen molar-refractivity contribution in [2.75, 3.05) is 0 Å². The average Bonchev–Trinajstić information content (AvgIpc) is 2.59. The van der Waals surface area contributed by atoms with Crippen LogP contribution >= 0.6 is 0 Å². The summed E-state index contributed by atoms with van der Waals surface area (Å²) >= 11 is 0. The predicted molar refractivity (Wildman–Crippen MR) is 85.9 cm³/mol.